The molecule has 0 atom stereocenters. The van der Waals surface area contributed by atoms with E-state index in [1.807, 2.05) is 48.5 Å². The first-order valence-electron chi connectivity index (χ1n) is 7.20. The van der Waals surface area contributed by atoms with E-state index in [-0.39, 0.29) is 0 Å². The van der Waals surface area contributed by atoms with Crippen LogP contribution >= 0.6 is 11.8 Å². The SMILES string of the molecule is [N-]=[N+]=NC1(c2ccncc2)c2ccccc2Sc2ccccc21. The van der Waals surface area contributed by atoms with E-state index in [9.17, 15) is 5.53 Å². The minimum Gasteiger partial charge on any atom is -0.265 e. The molecule has 2 heterocycles. The Hall–Kier alpha value is -2.75. The van der Waals surface area contributed by atoms with Crippen molar-refractivity contribution in [3.8, 4) is 0 Å². The summed E-state index contributed by atoms with van der Waals surface area (Å²) in [6.45, 7) is 0. The Labute approximate surface area is 137 Å². The van der Waals surface area contributed by atoms with Gasteiger partial charge in [-0.15, -0.1) is 0 Å². The van der Waals surface area contributed by atoms with Crippen LogP contribution in [0.5, 0.6) is 0 Å². The molecule has 1 aliphatic heterocycles. The van der Waals surface area contributed by atoms with Crippen molar-refractivity contribution in [2.75, 3.05) is 0 Å². The molecular weight excluding hydrogens is 304 g/mol. The van der Waals surface area contributed by atoms with Crippen LogP contribution in [-0.4, -0.2) is 4.98 Å². The third-order valence-electron chi connectivity index (χ3n) is 4.07. The molecule has 23 heavy (non-hydrogen) atoms. The molecule has 0 bridgehead atoms. The minimum atomic E-state index is -0.865. The largest absolute Gasteiger partial charge is 0.265 e. The Balaban J connectivity index is 2.15. The van der Waals surface area contributed by atoms with Gasteiger partial charge in [0.25, 0.3) is 0 Å². The maximum Gasteiger partial charge on any atom is 0.126 e. The van der Waals surface area contributed by atoms with Gasteiger partial charge in [-0.05, 0) is 46.5 Å². The van der Waals surface area contributed by atoms with Crippen LogP contribution in [0.3, 0.4) is 0 Å². The van der Waals surface area contributed by atoms with Crippen LogP contribution in [0.15, 0.2) is 88.0 Å². The predicted octanol–water partition coefficient (Wildman–Crippen LogP) is 5.15. The first-order valence-corrected chi connectivity index (χ1v) is 8.01. The summed E-state index contributed by atoms with van der Waals surface area (Å²) in [4.78, 5) is 9.52. The van der Waals surface area contributed by atoms with E-state index in [0.717, 1.165) is 26.5 Å². The Morgan fingerprint density at radius 3 is 2.00 bits per heavy atom. The van der Waals surface area contributed by atoms with Crippen molar-refractivity contribution in [2.24, 2.45) is 5.11 Å². The van der Waals surface area contributed by atoms with Gasteiger partial charge in [0.05, 0.1) is 0 Å². The van der Waals surface area contributed by atoms with Crippen LogP contribution in [0.2, 0.25) is 0 Å². The Morgan fingerprint density at radius 1 is 0.870 bits per heavy atom. The summed E-state index contributed by atoms with van der Waals surface area (Å²) in [6, 6.07) is 20.0. The van der Waals surface area contributed by atoms with Crippen LogP contribution in [0.1, 0.15) is 16.7 Å². The van der Waals surface area contributed by atoms with Crippen molar-refractivity contribution in [3.63, 3.8) is 0 Å². The van der Waals surface area contributed by atoms with Crippen LogP contribution in [-0.2, 0) is 5.54 Å². The molecule has 1 aliphatic rings. The van der Waals surface area contributed by atoms with Gasteiger partial charge in [-0.1, -0.05) is 53.3 Å². The number of hydrogen-bond donors (Lipinski definition) is 0. The summed E-state index contributed by atoms with van der Waals surface area (Å²) in [5.41, 5.74) is 11.4. The van der Waals surface area contributed by atoms with Crippen molar-refractivity contribution < 1.29 is 0 Å². The van der Waals surface area contributed by atoms with Gasteiger partial charge >= 0.3 is 0 Å². The summed E-state index contributed by atoms with van der Waals surface area (Å²) in [5, 5.41) is 4.31. The first kappa shape index (κ1) is 13.9. The lowest BCUT2D eigenvalue weighted by atomic mass is 9.77. The molecule has 0 spiro atoms. The molecular formula is C18H12N4S. The summed E-state index contributed by atoms with van der Waals surface area (Å²) in [7, 11) is 0. The van der Waals surface area contributed by atoms with Crippen molar-refractivity contribution in [1.29, 1.82) is 0 Å². The summed E-state index contributed by atoms with van der Waals surface area (Å²) >= 11 is 1.71. The lowest BCUT2D eigenvalue weighted by Crippen LogP contribution is -2.30. The molecule has 4 nitrogen and oxygen atoms in total. The molecule has 4 rings (SSSR count). The first-order chi connectivity index (χ1) is 11.4. The molecule has 0 saturated heterocycles. The number of aromatic nitrogens is 1. The molecule has 2 aromatic carbocycles. The van der Waals surface area contributed by atoms with E-state index in [1.54, 1.807) is 24.2 Å². The summed E-state index contributed by atoms with van der Waals surface area (Å²) in [5.74, 6) is 0. The summed E-state index contributed by atoms with van der Waals surface area (Å²) < 4.78 is 0. The Bertz CT molecular complexity index is 872. The second kappa shape index (κ2) is 5.47. The zero-order valence-corrected chi connectivity index (χ0v) is 12.9. The maximum atomic E-state index is 9.33. The summed E-state index contributed by atoms with van der Waals surface area (Å²) in [6.07, 6.45) is 3.47. The van der Waals surface area contributed by atoms with E-state index < -0.39 is 5.54 Å². The topological polar surface area (TPSA) is 61.7 Å². The predicted molar refractivity (Wildman–Crippen MR) is 90.3 cm³/mol. The molecule has 0 unspecified atom stereocenters. The highest BCUT2D eigenvalue weighted by Crippen LogP contribution is 2.53. The highest BCUT2D eigenvalue weighted by molar-refractivity contribution is 7.99. The molecule has 0 N–H and O–H groups in total. The third-order valence-corrected chi connectivity index (χ3v) is 5.22. The van der Waals surface area contributed by atoms with Gasteiger partial charge in [-0.2, -0.15) is 0 Å². The Kier molecular flexibility index (Phi) is 3.30. The van der Waals surface area contributed by atoms with Crippen molar-refractivity contribution in [1.82, 2.24) is 4.98 Å². The van der Waals surface area contributed by atoms with Gasteiger partial charge in [0.1, 0.15) is 5.54 Å². The molecule has 0 aliphatic carbocycles. The van der Waals surface area contributed by atoms with E-state index >= 15 is 0 Å². The Morgan fingerprint density at radius 2 is 1.43 bits per heavy atom. The van der Waals surface area contributed by atoms with Crippen LogP contribution in [0.4, 0.5) is 0 Å². The van der Waals surface area contributed by atoms with Crippen LogP contribution in [0.25, 0.3) is 10.4 Å². The molecule has 1 aromatic heterocycles. The number of fused-ring (bicyclic) bond motifs is 2. The number of azide groups is 1. The average Bonchev–Trinajstić information content (AvgIpc) is 2.62. The number of hydrogen-bond acceptors (Lipinski definition) is 3. The molecule has 0 amide bonds. The second-order valence-electron chi connectivity index (χ2n) is 5.23. The number of rotatable bonds is 2. The minimum absolute atomic E-state index is 0.865. The zero-order valence-electron chi connectivity index (χ0n) is 12.1. The molecule has 5 heteroatoms. The number of nitrogens with zero attached hydrogens (tertiary/aromatic N) is 4. The fourth-order valence-electron chi connectivity index (χ4n) is 3.11. The van der Waals surface area contributed by atoms with Crippen LogP contribution in [0, 0.1) is 0 Å². The fourth-order valence-corrected chi connectivity index (χ4v) is 4.29. The highest BCUT2D eigenvalue weighted by atomic mass is 32.2. The van der Waals surface area contributed by atoms with Crippen molar-refractivity contribution in [2.45, 2.75) is 15.3 Å². The fraction of sp³-hybridized carbons (Fsp3) is 0.0556. The van der Waals surface area contributed by atoms with Crippen LogP contribution < -0.4 is 0 Å². The third kappa shape index (κ3) is 2.02. The van der Waals surface area contributed by atoms with Gasteiger partial charge < -0.3 is 0 Å². The van der Waals surface area contributed by atoms with Gasteiger partial charge in [0.2, 0.25) is 0 Å². The second-order valence-corrected chi connectivity index (χ2v) is 6.31. The lowest BCUT2D eigenvalue weighted by molar-refractivity contribution is 0.613. The van der Waals surface area contributed by atoms with Crippen molar-refractivity contribution >= 4 is 11.8 Å². The van der Waals surface area contributed by atoms with Gasteiger partial charge in [-0.25, -0.2) is 0 Å². The monoisotopic (exact) mass is 316 g/mol. The standard InChI is InChI=1S/C18H12N4S/c19-22-21-18(13-9-11-20-12-10-13)14-5-1-3-7-16(14)23-17-8-4-2-6-15(17)18/h1-12H. The molecule has 3 aromatic rings. The zero-order chi connectivity index (χ0) is 15.7. The highest BCUT2D eigenvalue weighted by Gasteiger charge is 2.42. The van der Waals surface area contributed by atoms with Gasteiger partial charge in [0.15, 0.2) is 0 Å². The number of benzene rings is 2. The smallest absolute Gasteiger partial charge is 0.126 e. The van der Waals surface area contributed by atoms with E-state index in [0.29, 0.717) is 0 Å². The lowest BCUT2D eigenvalue weighted by Gasteiger charge is -2.37. The van der Waals surface area contributed by atoms with E-state index in [4.69, 9.17) is 0 Å². The normalized spacial score (nSPS) is 14.3. The molecule has 0 fully saturated rings. The van der Waals surface area contributed by atoms with Gasteiger partial charge in [0, 0.05) is 27.1 Å². The number of pyridine rings is 1. The quantitative estimate of drug-likeness (QED) is 0.373. The van der Waals surface area contributed by atoms with E-state index in [2.05, 4.69) is 27.1 Å². The van der Waals surface area contributed by atoms with Gasteiger partial charge in [-0.3, -0.25) is 4.98 Å². The maximum absolute atomic E-state index is 9.33. The van der Waals surface area contributed by atoms with E-state index in [1.165, 1.54) is 0 Å². The molecule has 110 valence electrons. The average molecular weight is 316 g/mol. The van der Waals surface area contributed by atoms with Crippen molar-refractivity contribution in [3.05, 3.63) is 100 Å². The molecule has 0 saturated carbocycles. The molecule has 0 radical (unpaired) electrons.